The Kier molecular flexibility index (Phi) is 5.70. The van der Waals surface area contributed by atoms with Gasteiger partial charge in [-0.05, 0) is 42.9 Å². The summed E-state index contributed by atoms with van der Waals surface area (Å²) in [5, 5.41) is 10.1. The van der Waals surface area contributed by atoms with E-state index in [0.29, 0.717) is 22.4 Å². The number of aliphatic hydroxyl groups is 1. The lowest BCUT2D eigenvalue weighted by molar-refractivity contribution is -0.132. The predicted molar refractivity (Wildman–Crippen MR) is 81.2 cm³/mol. The highest BCUT2D eigenvalue weighted by Gasteiger charge is 2.23. The molecule has 0 aliphatic carbocycles. The molecule has 1 amide bonds. The number of halogens is 2. The van der Waals surface area contributed by atoms with Crippen LogP contribution in [0.2, 0.25) is 10.0 Å². The summed E-state index contributed by atoms with van der Waals surface area (Å²) in [5.41, 5.74) is 0.811. The predicted octanol–water partition coefficient (Wildman–Crippen LogP) is 3.16. The highest BCUT2D eigenvalue weighted by molar-refractivity contribution is 6.35. The molecule has 5 heteroatoms. The van der Waals surface area contributed by atoms with Gasteiger partial charge in [-0.15, -0.1) is 0 Å². The van der Waals surface area contributed by atoms with E-state index in [4.69, 9.17) is 28.3 Å². The number of hydrogen-bond donors (Lipinski definition) is 1. The van der Waals surface area contributed by atoms with Crippen LogP contribution < -0.4 is 0 Å². The second-order valence-corrected chi connectivity index (χ2v) is 6.12. The van der Waals surface area contributed by atoms with E-state index < -0.39 is 0 Å². The molecular weight excluding hydrogens is 297 g/mol. The van der Waals surface area contributed by atoms with Gasteiger partial charge in [-0.3, -0.25) is 4.79 Å². The molecule has 110 valence electrons. The van der Waals surface area contributed by atoms with Crippen molar-refractivity contribution in [1.82, 2.24) is 4.90 Å². The molecule has 1 aliphatic rings. The number of amides is 1. The molecule has 1 fully saturated rings. The molecule has 1 aliphatic heterocycles. The van der Waals surface area contributed by atoms with Crippen LogP contribution in [0.25, 0.3) is 0 Å². The van der Waals surface area contributed by atoms with Crippen LogP contribution in [0.4, 0.5) is 0 Å². The molecule has 3 nitrogen and oxygen atoms in total. The van der Waals surface area contributed by atoms with Gasteiger partial charge in [0.25, 0.3) is 0 Å². The number of benzene rings is 1. The average Bonchev–Trinajstić information content (AvgIpc) is 2.42. The fourth-order valence-electron chi connectivity index (χ4n) is 2.65. The number of nitrogens with zero attached hydrogens (tertiary/aromatic N) is 1. The summed E-state index contributed by atoms with van der Waals surface area (Å²) >= 11 is 12.0. The zero-order chi connectivity index (χ0) is 14.5. The van der Waals surface area contributed by atoms with Gasteiger partial charge in [0.2, 0.25) is 5.91 Å². The maximum absolute atomic E-state index is 12.3. The maximum atomic E-state index is 12.3. The highest BCUT2D eigenvalue weighted by atomic mass is 35.5. The molecule has 2 rings (SSSR count). The summed E-state index contributed by atoms with van der Waals surface area (Å²) in [6, 6.07) is 5.22. The number of carbonyl (C=O) groups is 1. The molecule has 1 aromatic carbocycles. The van der Waals surface area contributed by atoms with Gasteiger partial charge in [0, 0.05) is 29.7 Å². The Labute approximate surface area is 129 Å². The van der Waals surface area contributed by atoms with Gasteiger partial charge in [0.05, 0.1) is 6.42 Å². The van der Waals surface area contributed by atoms with Gasteiger partial charge < -0.3 is 10.0 Å². The Hall–Kier alpha value is -0.770. The SMILES string of the molecule is O=C(Cc1ccc(Cl)cc1Cl)N1CCCC(CCO)C1. The van der Waals surface area contributed by atoms with E-state index in [2.05, 4.69) is 0 Å². The zero-order valence-electron chi connectivity index (χ0n) is 11.3. The first-order valence-electron chi connectivity index (χ1n) is 6.92. The van der Waals surface area contributed by atoms with Crippen LogP contribution in [0.1, 0.15) is 24.8 Å². The van der Waals surface area contributed by atoms with Crippen LogP contribution in [-0.2, 0) is 11.2 Å². The third-order valence-corrected chi connectivity index (χ3v) is 4.35. The van der Waals surface area contributed by atoms with Gasteiger partial charge in [0.15, 0.2) is 0 Å². The molecule has 0 bridgehead atoms. The van der Waals surface area contributed by atoms with E-state index in [9.17, 15) is 4.79 Å². The largest absolute Gasteiger partial charge is 0.396 e. The first kappa shape index (κ1) is 15.6. The van der Waals surface area contributed by atoms with E-state index in [1.54, 1.807) is 18.2 Å². The fourth-order valence-corrected chi connectivity index (χ4v) is 3.12. The van der Waals surface area contributed by atoms with E-state index in [0.717, 1.165) is 37.9 Å². The van der Waals surface area contributed by atoms with Gasteiger partial charge in [-0.25, -0.2) is 0 Å². The zero-order valence-corrected chi connectivity index (χ0v) is 12.8. The summed E-state index contributed by atoms with van der Waals surface area (Å²) in [4.78, 5) is 14.2. The van der Waals surface area contributed by atoms with E-state index >= 15 is 0 Å². The van der Waals surface area contributed by atoms with Crippen molar-refractivity contribution in [3.05, 3.63) is 33.8 Å². The molecule has 20 heavy (non-hydrogen) atoms. The average molecular weight is 316 g/mol. The third kappa shape index (κ3) is 4.11. The van der Waals surface area contributed by atoms with E-state index in [1.165, 1.54) is 0 Å². The number of piperidine rings is 1. The van der Waals surface area contributed by atoms with Crippen molar-refractivity contribution in [2.75, 3.05) is 19.7 Å². The molecule has 1 unspecified atom stereocenters. The third-order valence-electron chi connectivity index (χ3n) is 3.77. The smallest absolute Gasteiger partial charge is 0.227 e. The standard InChI is InChI=1S/C15H19Cl2NO2/c16-13-4-3-12(14(17)9-13)8-15(20)18-6-1-2-11(10-18)5-7-19/h3-4,9,11,19H,1-2,5-8,10H2. The summed E-state index contributed by atoms with van der Waals surface area (Å²) in [5.74, 6) is 0.509. The Morgan fingerprint density at radius 3 is 2.90 bits per heavy atom. The normalized spacial score (nSPS) is 19.1. The highest BCUT2D eigenvalue weighted by Crippen LogP contribution is 2.24. The van der Waals surface area contributed by atoms with E-state index in [-0.39, 0.29) is 12.5 Å². The first-order valence-corrected chi connectivity index (χ1v) is 7.68. The lowest BCUT2D eigenvalue weighted by Gasteiger charge is -2.32. The Morgan fingerprint density at radius 1 is 1.40 bits per heavy atom. The van der Waals surface area contributed by atoms with Crippen LogP contribution in [0.15, 0.2) is 18.2 Å². The van der Waals surface area contributed by atoms with Crippen molar-refractivity contribution >= 4 is 29.1 Å². The molecule has 1 heterocycles. The topological polar surface area (TPSA) is 40.5 Å². The van der Waals surface area contributed by atoms with Crippen LogP contribution in [0.5, 0.6) is 0 Å². The van der Waals surface area contributed by atoms with Gasteiger partial charge in [-0.2, -0.15) is 0 Å². The molecule has 1 atom stereocenters. The molecule has 1 aromatic rings. The summed E-state index contributed by atoms with van der Waals surface area (Å²) in [6.45, 7) is 1.73. The fraction of sp³-hybridized carbons (Fsp3) is 0.533. The van der Waals surface area contributed by atoms with Crippen molar-refractivity contribution in [2.24, 2.45) is 5.92 Å². The Bertz CT molecular complexity index is 477. The Morgan fingerprint density at radius 2 is 2.20 bits per heavy atom. The summed E-state index contributed by atoms with van der Waals surface area (Å²) < 4.78 is 0. The molecule has 0 radical (unpaired) electrons. The minimum absolute atomic E-state index is 0.0943. The number of hydrogen-bond acceptors (Lipinski definition) is 2. The Balaban J connectivity index is 1.97. The lowest BCUT2D eigenvalue weighted by Crippen LogP contribution is -2.41. The van der Waals surface area contributed by atoms with E-state index in [1.807, 2.05) is 4.90 Å². The monoisotopic (exact) mass is 315 g/mol. The van der Waals surface area contributed by atoms with Crippen molar-refractivity contribution in [2.45, 2.75) is 25.7 Å². The molecule has 1 N–H and O–H groups in total. The van der Waals surface area contributed by atoms with Crippen LogP contribution >= 0.6 is 23.2 Å². The van der Waals surface area contributed by atoms with Gasteiger partial charge in [0.1, 0.15) is 0 Å². The number of likely N-dealkylation sites (tertiary alicyclic amines) is 1. The van der Waals surface area contributed by atoms with Crippen molar-refractivity contribution in [1.29, 1.82) is 0 Å². The van der Waals surface area contributed by atoms with Gasteiger partial charge in [-0.1, -0.05) is 29.3 Å². The molecule has 1 saturated heterocycles. The lowest BCUT2D eigenvalue weighted by atomic mass is 9.95. The van der Waals surface area contributed by atoms with Gasteiger partial charge >= 0.3 is 0 Å². The minimum Gasteiger partial charge on any atom is -0.396 e. The van der Waals surface area contributed by atoms with Crippen molar-refractivity contribution < 1.29 is 9.90 Å². The maximum Gasteiger partial charge on any atom is 0.227 e. The molecule has 0 spiro atoms. The minimum atomic E-state index is 0.0943. The van der Waals surface area contributed by atoms with Crippen molar-refractivity contribution in [3.8, 4) is 0 Å². The van der Waals surface area contributed by atoms with Crippen LogP contribution in [-0.4, -0.2) is 35.6 Å². The quantitative estimate of drug-likeness (QED) is 0.927. The summed E-state index contributed by atoms with van der Waals surface area (Å²) in [6.07, 6.45) is 3.17. The van der Waals surface area contributed by atoms with Crippen molar-refractivity contribution in [3.63, 3.8) is 0 Å². The molecular formula is C15H19Cl2NO2. The van der Waals surface area contributed by atoms with Crippen LogP contribution in [0.3, 0.4) is 0 Å². The second-order valence-electron chi connectivity index (χ2n) is 5.27. The number of rotatable bonds is 4. The molecule has 0 aromatic heterocycles. The second kappa shape index (κ2) is 7.30. The summed E-state index contributed by atoms with van der Waals surface area (Å²) in [7, 11) is 0. The number of carbonyl (C=O) groups excluding carboxylic acids is 1. The van der Waals surface area contributed by atoms with Crippen LogP contribution in [0, 0.1) is 5.92 Å². The first-order chi connectivity index (χ1) is 9.60. The molecule has 0 saturated carbocycles. The number of aliphatic hydroxyl groups excluding tert-OH is 1.